The van der Waals surface area contributed by atoms with E-state index in [1.807, 2.05) is 35.2 Å². The van der Waals surface area contributed by atoms with Crippen LogP contribution in [0.5, 0.6) is 0 Å². The number of amides is 1. The number of hydrogen-bond donors (Lipinski definition) is 0. The van der Waals surface area contributed by atoms with E-state index < -0.39 is 0 Å². The van der Waals surface area contributed by atoms with E-state index in [1.165, 1.54) is 12.0 Å². The van der Waals surface area contributed by atoms with Crippen LogP contribution in [0.3, 0.4) is 0 Å². The van der Waals surface area contributed by atoms with Crippen molar-refractivity contribution in [3.8, 4) is 0 Å². The highest BCUT2D eigenvalue weighted by atomic mass is 79.9. The fourth-order valence-electron chi connectivity index (χ4n) is 3.66. The quantitative estimate of drug-likeness (QED) is 0.801. The Bertz CT molecular complexity index is 716. The molecule has 2 unspecified atom stereocenters. The molecule has 0 radical (unpaired) electrons. The zero-order chi connectivity index (χ0) is 15.9. The molecule has 0 aromatic heterocycles. The van der Waals surface area contributed by atoms with Gasteiger partial charge >= 0.3 is 6.09 Å². The van der Waals surface area contributed by atoms with Crippen molar-refractivity contribution in [3.05, 3.63) is 70.2 Å². The SMILES string of the molecule is O=C(OCc1ccccc1)N1CC2CC2(c2ccc(Br)cc2)C1. The molecule has 2 atom stereocenters. The number of fused-ring (bicyclic) bond motifs is 1. The minimum absolute atomic E-state index is 0.159. The van der Waals surface area contributed by atoms with Gasteiger partial charge in [-0.25, -0.2) is 4.79 Å². The van der Waals surface area contributed by atoms with Gasteiger partial charge in [0, 0.05) is 23.0 Å². The number of hydrogen-bond acceptors (Lipinski definition) is 2. The summed E-state index contributed by atoms with van der Waals surface area (Å²) in [6, 6.07) is 18.3. The molecular formula is C19H18BrNO2. The van der Waals surface area contributed by atoms with Crippen LogP contribution < -0.4 is 0 Å². The van der Waals surface area contributed by atoms with Gasteiger partial charge in [-0.05, 0) is 35.6 Å². The van der Waals surface area contributed by atoms with Crippen LogP contribution in [0.2, 0.25) is 0 Å². The van der Waals surface area contributed by atoms with E-state index in [-0.39, 0.29) is 11.5 Å². The van der Waals surface area contributed by atoms with Gasteiger partial charge in [-0.3, -0.25) is 0 Å². The van der Waals surface area contributed by atoms with E-state index in [2.05, 4.69) is 40.2 Å². The molecule has 4 rings (SSSR count). The molecule has 0 bridgehead atoms. The first-order chi connectivity index (χ1) is 11.2. The summed E-state index contributed by atoms with van der Waals surface area (Å²) in [4.78, 5) is 14.2. The van der Waals surface area contributed by atoms with Crippen molar-refractivity contribution in [2.75, 3.05) is 13.1 Å². The molecule has 1 heterocycles. The average molecular weight is 372 g/mol. The molecule has 1 amide bonds. The molecule has 2 fully saturated rings. The summed E-state index contributed by atoms with van der Waals surface area (Å²) in [7, 11) is 0. The molecule has 2 aliphatic rings. The molecule has 2 aromatic rings. The zero-order valence-electron chi connectivity index (χ0n) is 12.7. The van der Waals surface area contributed by atoms with Gasteiger partial charge in [0.05, 0.1) is 0 Å². The lowest BCUT2D eigenvalue weighted by Gasteiger charge is -2.21. The number of rotatable bonds is 3. The zero-order valence-corrected chi connectivity index (χ0v) is 14.3. The fraction of sp³-hybridized carbons (Fsp3) is 0.316. The van der Waals surface area contributed by atoms with E-state index in [9.17, 15) is 4.79 Å². The molecule has 1 aliphatic heterocycles. The van der Waals surface area contributed by atoms with Crippen LogP contribution in [0.4, 0.5) is 4.79 Å². The fourth-order valence-corrected chi connectivity index (χ4v) is 3.93. The third kappa shape index (κ3) is 2.76. The van der Waals surface area contributed by atoms with E-state index in [0.717, 1.165) is 23.1 Å². The summed E-state index contributed by atoms with van der Waals surface area (Å²) in [5, 5.41) is 0. The van der Waals surface area contributed by atoms with Crippen molar-refractivity contribution >= 4 is 22.0 Å². The van der Waals surface area contributed by atoms with Gasteiger partial charge in [-0.2, -0.15) is 0 Å². The van der Waals surface area contributed by atoms with E-state index >= 15 is 0 Å². The smallest absolute Gasteiger partial charge is 0.410 e. The van der Waals surface area contributed by atoms with E-state index in [4.69, 9.17) is 4.74 Å². The van der Waals surface area contributed by atoms with Crippen molar-refractivity contribution in [3.63, 3.8) is 0 Å². The summed E-state index contributed by atoms with van der Waals surface area (Å²) in [5.41, 5.74) is 2.52. The van der Waals surface area contributed by atoms with Crippen molar-refractivity contribution in [1.82, 2.24) is 4.90 Å². The van der Waals surface area contributed by atoms with Crippen LogP contribution in [0.25, 0.3) is 0 Å². The third-order valence-electron chi connectivity index (χ3n) is 5.03. The van der Waals surface area contributed by atoms with Crippen LogP contribution in [0.15, 0.2) is 59.1 Å². The van der Waals surface area contributed by atoms with Crippen LogP contribution >= 0.6 is 15.9 Å². The Labute approximate surface area is 144 Å². The second-order valence-electron chi connectivity index (χ2n) is 6.48. The Balaban J connectivity index is 1.39. The Hall–Kier alpha value is -1.81. The molecule has 0 N–H and O–H groups in total. The minimum atomic E-state index is -0.197. The summed E-state index contributed by atoms with van der Waals surface area (Å²) in [6.07, 6.45) is 0.981. The molecule has 118 valence electrons. The van der Waals surface area contributed by atoms with Crippen LogP contribution in [0, 0.1) is 5.92 Å². The maximum atomic E-state index is 12.3. The Morgan fingerprint density at radius 1 is 1.17 bits per heavy atom. The number of halogens is 1. The van der Waals surface area contributed by atoms with Crippen LogP contribution in [0.1, 0.15) is 17.5 Å². The van der Waals surface area contributed by atoms with Gasteiger partial charge in [0.2, 0.25) is 0 Å². The highest BCUT2D eigenvalue weighted by Gasteiger charge is 2.61. The van der Waals surface area contributed by atoms with E-state index in [1.54, 1.807) is 0 Å². The number of nitrogens with zero attached hydrogens (tertiary/aromatic N) is 1. The molecule has 3 nitrogen and oxygen atoms in total. The number of carbonyl (C=O) groups excluding carboxylic acids is 1. The summed E-state index contributed by atoms with van der Waals surface area (Å²) in [5.74, 6) is 0.577. The Morgan fingerprint density at radius 3 is 2.65 bits per heavy atom. The second-order valence-corrected chi connectivity index (χ2v) is 7.40. The maximum Gasteiger partial charge on any atom is 0.410 e. The van der Waals surface area contributed by atoms with Gasteiger partial charge in [-0.15, -0.1) is 0 Å². The highest BCUT2D eigenvalue weighted by Crippen LogP contribution is 2.59. The number of carbonyl (C=O) groups is 1. The van der Waals surface area contributed by atoms with Gasteiger partial charge in [0.15, 0.2) is 0 Å². The normalized spacial score (nSPS) is 25.1. The molecule has 2 aromatic carbocycles. The van der Waals surface area contributed by atoms with Gasteiger partial charge in [-0.1, -0.05) is 58.4 Å². The van der Waals surface area contributed by atoms with Crippen molar-refractivity contribution in [2.45, 2.75) is 18.4 Å². The first-order valence-corrected chi connectivity index (χ1v) is 8.68. The van der Waals surface area contributed by atoms with Gasteiger partial charge in [0.25, 0.3) is 0 Å². The standard InChI is InChI=1S/C19H18BrNO2/c20-17-8-6-15(7-9-17)19-10-16(19)11-21(13-19)18(22)23-12-14-4-2-1-3-5-14/h1-9,16H,10-13H2. The molecule has 4 heteroatoms. The topological polar surface area (TPSA) is 29.5 Å². The largest absolute Gasteiger partial charge is 0.445 e. The molecule has 23 heavy (non-hydrogen) atoms. The maximum absolute atomic E-state index is 12.3. The van der Waals surface area contributed by atoms with Crippen LogP contribution in [-0.2, 0) is 16.8 Å². The van der Waals surface area contributed by atoms with Crippen molar-refractivity contribution in [2.24, 2.45) is 5.92 Å². The lowest BCUT2D eigenvalue weighted by molar-refractivity contribution is 0.0997. The van der Waals surface area contributed by atoms with E-state index in [0.29, 0.717) is 12.5 Å². The molecule has 1 saturated carbocycles. The molecular weight excluding hydrogens is 354 g/mol. The minimum Gasteiger partial charge on any atom is -0.445 e. The Morgan fingerprint density at radius 2 is 1.91 bits per heavy atom. The first-order valence-electron chi connectivity index (χ1n) is 7.89. The second kappa shape index (κ2) is 5.68. The summed E-state index contributed by atoms with van der Waals surface area (Å²) < 4.78 is 6.55. The van der Waals surface area contributed by atoms with Gasteiger partial charge in [0.1, 0.15) is 6.61 Å². The predicted molar refractivity (Wildman–Crippen MR) is 92.1 cm³/mol. The lowest BCUT2D eigenvalue weighted by atomic mass is 9.95. The first kappa shape index (κ1) is 14.8. The predicted octanol–water partition coefficient (Wildman–Crippen LogP) is 4.36. The molecule has 0 spiro atoms. The van der Waals surface area contributed by atoms with Crippen molar-refractivity contribution < 1.29 is 9.53 Å². The monoisotopic (exact) mass is 371 g/mol. The van der Waals surface area contributed by atoms with Crippen molar-refractivity contribution in [1.29, 1.82) is 0 Å². The third-order valence-corrected chi connectivity index (χ3v) is 5.56. The lowest BCUT2D eigenvalue weighted by Crippen LogP contribution is -2.33. The molecule has 1 aliphatic carbocycles. The number of benzene rings is 2. The average Bonchev–Trinajstić information content (AvgIpc) is 3.15. The van der Waals surface area contributed by atoms with Crippen LogP contribution in [-0.4, -0.2) is 24.1 Å². The summed E-state index contributed by atoms with van der Waals surface area (Å²) >= 11 is 3.48. The van der Waals surface area contributed by atoms with Gasteiger partial charge < -0.3 is 9.64 Å². The highest BCUT2D eigenvalue weighted by molar-refractivity contribution is 9.10. The number of ether oxygens (including phenoxy) is 1. The Kier molecular flexibility index (Phi) is 3.64. The number of piperidine rings is 1. The molecule has 1 saturated heterocycles. The summed E-state index contributed by atoms with van der Waals surface area (Å²) in [6.45, 7) is 1.92. The number of likely N-dealkylation sites (tertiary alicyclic amines) is 1.